The summed E-state index contributed by atoms with van der Waals surface area (Å²) < 4.78 is 0. The number of aryl methyl sites for hydroxylation is 2. The van der Waals surface area contributed by atoms with Gasteiger partial charge in [0, 0.05) is 38.1 Å². The summed E-state index contributed by atoms with van der Waals surface area (Å²) in [6.45, 7) is 10.2. The average Bonchev–Trinajstić information content (AvgIpc) is 2.60. The van der Waals surface area contributed by atoms with Crippen LogP contribution in [0.3, 0.4) is 0 Å². The van der Waals surface area contributed by atoms with E-state index < -0.39 is 0 Å². The maximum atomic E-state index is 12.5. The summed E-state index contributed by atoms with van der Waals surface area (Å²) in [6, 6.07) is 8.09. The molecule has 1 aromatic heterocycles. The van der Waals surface area contributed by atoms with Crippen molar-refractivity contribution in [3.8, 4) is 0 Å². The van der Waals surface area contributed by atoms with Crippen molar-refractivity contribution >= 4 is 16.8 Å². The molecule has 25 heavy (non-hydrogen) atoms. The van der Waals surface area contributed by atoms with E-state index in [0.29, 0.717) is 12.1 Å². The van der Waals surface area contributed by atoms with Crippen molar-refractivity contribution in [2.75, 3.05) is 46.3 Å². The first-order chi connectivity index (χ1) is 12.0. The van der Waals surface area contributed by atoms with Crippen molar-refractivity contribution in [2.24, 2.45) is 0 Å². The quantitative estimate of drug-likeness (QED) is 0.848. The van der Waals surface area contributed by atoms with Gasteiger partial charge in [-0.15, -0.1) is 0 Å². The zero-order valence-electron chi connectivity index (χ0n) is 15.5. The van der Waals surface area contributed by atoms with Crippen LogP contribution in [0.1, 0.15) is 28.0 Å². The minimum atomic E-state index is -0.0215. The fraction of sp³-hybridized carbons (Fsp3) is 0.500. The molecule has 0 spiro atoms. The first kappa shape index (κ1) is 17.8. The molecule has 0 atom stereocenters. The van der Waals surface area contributed by atoms with Crippen molar-refractivity contribution in [3.05, 3.63) is 41.1 Å². The van der Waals surface area contributed by atoms with Crippen molar-refractivity contribution < 1.29 is 4.79 Å². The molecule has 1 aromatic carbocycles. The zero-order chi connectivity index (χ0) is 17.8. The summed E-state index contributed by atoms with van der Waals surface area (Å²) in [7, 11) is 2.17. The lowest BCUT2D eigenvalue weighted by atomic mass is 10.1. The number of likely N-dealkylation sites (N-methyl/N-ethyl adjacent to an activating group) is 1. The maximum Gasteiger partial charge on any atom is 0.253 e. The lowest BCUT2D eigenvalue weighted by molar-refractivity contribution is 0.0948. The molecule has 1 N–H and O–H groups in total. The molecule has 0 saturated carbocycles. The number of aromatic nitrogens is 1. The Morgan fingerprint density at radius 2 is 1.92 bits per heavy atom. The summed E-state index contributed by atoms with van der Waals surface area (Å²) in [6.07, 6.45) is 0.981. The Labute approximate surface area is 150 Å². The largest absolute Gasteiger partial charge is 0.352 e. The molecular formula is C20H28N4O. The van der Waals surface area contributed by atoms with Crippen molar-refractivity contribution in [2.45, 2.75) is 20.3 Å². The van der Waals surface area contributed by atoms with Crippen LogP contribution in [0.15, 0.2) is 24.3 Å². The highest BCUT2D eigenvalue weighted by Crippen LogP contribution is 2.18. The van der Waals surface area contributed by atoms with Gasteiger partial charge in [0.05, 0.1) is 16.8 Å². The van der Waals surface area contributed by atoms with Gasteiger partial charge in [0.15, 0.2) is 0 Å². The Kier molecular flexibility index (Phi) is 5.66. The number of nitrogens with one attached hydrogen (secondary N) is 1. The van der Waals surface area contributed by atoms with E-state index >= 15 is 0 Å². The van der Waals surface area contributed by atoms with Crippen LogP contribution in [-0.4, -0.2) is 67.0 Å². The van der Waals surface area contributed by atoms with E-state index in [-0.39, 0.29) is 5.91 Å². The number of pyridine rings is 1. The fourth-order valence-electron chi connectivity index (χ4n) is 3.29. The number of amides is 1. The first-order valence-electron chi connectivity index (χ1n) is 9.10. The second kappa shape index (κ2) is 7.93. The van der Waals surface area contributed by atoms with Crippen molar-refractivity contribution in [1.82, 2.24) is 20.1 Å². The SMILES string of the molecule is Cc1ccc2nc(C)c(C(=O)NCCCN3CCN(C)CC3)cc2c1. The molecule has 1 amide bonds. The second-order valence-corrected chi connectivity index (χ2v) is 7.07. The summed E-state index contributed by atoms with van der Waals surface area (Å²) in [4.78, 5) is 21.9. The summed E-state index contributed by atoms with van der Waals surface area (Å²) in [5.41, 5.74) is 3.58. The third kappa shape index (κ3) is 4.55. The van der Waals surface area contributed by atoms with Gasteiger partial charge in [-0.3, -0.25) is 9.78 Å². The van der Waals surface area contributed by atoms with Crippen LogP contribution in [0.4, 0.5) is 0 Å². The molecule has 0 aliphatic carbocycles. The van der Waals surface area contributed by atoms with Gasteiger partial charge < -0.3 is 15.1 Å². The Bertz CT molecular complexity index is 751. The molecule has 1 aliphatic heterocycles. The molecule has 1 fully saturated rings. The molecule has 1 aliphatic rings. The van der Waals surface area contributed by atoms with Gasteiger partial charge in [0.1, 0.15) is 0 Å². The Hall–Kier alpha value is -1.98. The number of nitrogens with zero attached hydrogens (tertiary/aromatic N) is 3. The molecule has 3 rings (SSSR count). The molecule has 2 aromatic rings. The molecule has 0 radical (unpaired) electrons. The van der Waals surface area contributed by atoms with Gasteiger partial charge in [0.25, 0.3) is 5.91 Å². The lowest BCUT2D eigenvalue weighted by Gasteiger charge is -2.32. The van der Waals surface area contributed by atoms with E-state index in [4.69, 9.17) is 0 Å². The number of carbonyl (C=O) groups excluding carboxylic acids is 1. The third-order valence-corrected chi connectivity index (χ3v) is 4.94. The first-order valence-corrected chi connectivity index (χ1v) is 9.10. The molecule has 2 heterocycles. The van der Waals surface area contributed by atoms with E-state index in [0.717, 1.165) is 55.7 Å². The summed E-state index contributed by atoms with van der Waals surface area (Å²) >= 11 is 0. The van der Waals surface area contributed by atoms with Gasteiger partial charge in [-0.1, -0.05) is 11.6 Å². The van der Waals surface area contributed by atoms with Crippen molar-refractivity contribution in [3.63, 3.8) is 0 Å². The fourth-order valence-corrected chi connectivity index (χ4v) is 3.29. The minimum absolute atomic E-state index is 0.0215. The Morgan fingerprint density at radius 1 is 1.16 bits per heavy atom. The number of benzene rings is 1. The van der Waals surface area contributed by atoms with Crippen molar-refractivity contribution in [1.29, 1.82) is 0 Å². The van der Waals surface area contributed by atoms with E-state index in [1.54, 1.807) is 0 Å². The molecule has 0 bridgehead atoms. The highest BCUT2D eigenvalue weighted by Gasteiger charge is 2.14. The second-order valence-electron chi connectivity index (χ2n) is 7.07. The highest BCUT2D eigenvalue weighted by atomic mass is 16.1. The van der Waals surface area contributed by atoms with Gasteiger partial charge in [0.2, 0.25) is 0 Å². The van der Waals surface area contributed by atoms with Crippen LogP contribution >= 0.6 is 0 Å². The maximum absolute atomic E-state index is 12.5. The van der Waals surface area contributed by atoms with Gasteiger partial charge in [-0.05, 0) is 52.1 Å². The minimum Gasteiger partial charge on any atom is -0.352 e. The van der Waals surface area contributed by atoms with Crippen LogP contribution in [0.25, 0.3) is 10.9 Å². The standard InChI is InChI=1S/C20H28N4O/c1-15-5-6-19-17(13-15)14-18(16(2)22-19)20(25)21-7-4-8-24-11-9-23(3)10-12-24/h5-6,13-14H,4,7-12H2,1-3H3,(H,21,25). The van der Waals surface area contributed by atoms with Crippen LogP contribution in [-0.2, 0) is 0 Å². The van der Waals surface area contributed by atoms with Crippen LogP contribution in [0.5, 0.6) is 0 Å². The summed E-state index contributed by atoms with van der Waals surface area (Å²) in [5, 5.41) is 4.07. The number of hydrogen-bond acceptors (Lipinski definition) is 4. The number of carbonyl (C=O) groups is 1. The predicted molar refractivity (Wildman–Crippen MR) is 102 cm³/mol. The number of rotatable bonds is 5. The highest BCUT2D eigenvalue weighted by molar-refractivity contribution is 5.98. The van der Waals surface area contributed by atoms with E-state index in [9.17, 15) is 4.79 Å². The van der Waals surface area contributed by atoms with E-state index in [1.165, 1.54) is 5.56 Å². The van der Waals surface area contributed by atoms with E-state index in [1.807, 2.05) is 25.1 Å². The monoisotopic (exact) mass is 340 g/mol. The number of hydrogen-bond donors (Lipinski definition) is 1. The third-order valence-electron chi connectivity index (χ3n) is 4.94. The molecule has 5 heteroatoms. The van der Waals surface area contributed by atoms with Gasteiger partial charge in [-0.25, -0.2) is 0 Å². The average molecular weight is 340 g/mol. The predicted octanol–water partition coefficient (Wildman–Crippen LogP) is 2.22. The van der Waals surface area contributed by atoms with Gasteiger partial charge in [-0.2, -0.15) is 0 Å². The Balaban J connectivity index is 1.54. The zero-order valence-corrected chi connectivity index (χ0v) is 15.5. The Morgan fingerprint density at radius 3 is 2.68 bits per heavy atom. The topological polar surface area (TPSA) is 48.5 Å². The van der Waals surface area contributed by atoms with Crippen LogP contribution in [0, 0.1) is 13.8 Å². The van der Waals surface area contributed by atoms with Gasteiger partial charge >= 0.3 is 0 Å². The van der Waals surface area contributed by atoms with Crippen LogP contribution in [0.2, 0.25) is 0 Å². The molecule has 134 valence electrons. The van der Waals surface area contributed by atoms with E-state index in [2.05, 4.69) is 40.1 Å². The molecule has 1 saturated heterocycles. The number of piperazine rings is 1. The van der Waals surface area contributed by atoms with Crippen LogP contribution < -0.4 is 5.32 Å². The summed E-state index contributed by atoms with van der Waals surface area (Å²) in [5.74, 6) is -0.0215. The molecule has 0 unspecified atom stereocenters. The smallest absolute Gasteiger partial charge is 0.253 e. The normalized spacial score (nSPS) is 16.3. The lowest BCUT2D eigenvalue weighted by Crippen LogP contribution is -2.45. The number of fused-ring (bicyclic) bond motifs is 1. The molecular weight excluding hydrogens is 312 g/mol. The molecule has 5 nitrogen and oxygen atoms in total.